The van der Waals surface area contributed by atoms with Crippen LogP contribution in [0.3, 0.4) is 0 Å². The molecule has 0 aromatic carbocycles. The summed E-state index contributed by atoms with van der Waals surface area (Å²) in [5.41, 5.74) is 7.24. The SMILES string of the molecule is N[C@@H]1CCCc2c(OCC(F)(F)F)ccnc21. The first-order valence-corrected chi connectivity index (χ1v) is 5.40. The van der Waals surface area contributed by atoms with Crippen LogP contribution < -0.4 is 10.5 Å². The van der Waals surface area contributed by atoms with Gasteiger partial charge in [0.1, 0.15) is 5.75 Å². The van der Waals surface area contributed by atoms with Crippen molar-refractivity contribution in [2.24, 2.45) is 5.73 Å². The summed E-state index contributed by atoms with van der Waals surface area (Å²) in [5.74, 6) is 0.252. The number of fused-ring (bicyclic) bond motifs is 1. The van der Waals surface area contributed by atoms with Gasteiger partial charge in [0, 0.05) is 17.8 Å². The van der Waals surface area contributed by atoms with Crippen molar-refractivity contribution < 1.29 is 17.9 Å². The van der Waals surface area contributed by atoms with Gasteiger partial charge in [0.05, 0.1) is 5.69 Å². The molecule has 2 N–H and O–H groups in total. The molecule has 0 amide bonds. The number of rotatable bonds is 2. The lowest BCUT2D eigenvalue weighted by Crippen LogP contribution is -2.23. The van der Waals surface area contributed by atoms with E-state index >= 15 is 0 Å². The van der Waals surface area contributed by atoms with Crippen molar-refractivity contribution in [2.45, 2.75) is 31.5 Å². The normalized spacial score (nSPS) is 19.9. The minimum absolute atomic E-state index is 0.201. The molecule has 0 fully saturated rings. The van der Waals surface area contributed by atoms with Crippen molar-refractivity contribution in [3.63, 3.8) is 0 Å². The van der Waals surface area contributed by atoms with Crippen LogP contribution >= 0.6 is 0 Å². The molecule has 6 heteroatoms. The highest BCUT2D eigenvalue weighted by Crippen LogP contribution is 2.33. The lowest BCUT2D eigenvalue weighted by Gasteiger charge is -2.23. The van der Waals surface area contributed by atoms with Gasteiger partial charge in [-0.1, -0.05) is 0 Å². The minimum atomic E-state index is -4.33. The zero-order valence-corrected chi connectivity index (χ0v) is 9.13. The molecule has 0 unspecified atom stereocenters. The van der Waals surface area contributed by atoms with Crippen molar-refractivity contribution in [1.82, 2.24) is 4.98 Å². The molecule has 0 saturated heterocycles. The maximum absolute atomic E-state index is 12.1. The summed E-state index contributed by atoms with van der Waals surface area (Å²) in [6.45, 7) is -1.28. The van der Waals surface area contributed by atoms with Gasteiger partial charge < -0.3 is 10.5 Å². The maximum atomic E-state index is 12.1. The molecule has 94 valence electrons. The molecule has 3 nitrogen and oxygen atoms in total. The Balaban J connectivity index is 2.21. The fourth-order valence-corrected chi connectivity index (χ4v) is 1.99. The smallest absolute Gasteiger partial charge is 0.422 e. The van der Waals surface area contributed by atoms with Crippen LogP contribution in [0.2, 0.25) is 0 Å². The van der Waals surface area contributed by atoms with Crippen LogP contribution in [0.4, 0.5) is 13.2 Å². The average Bonchev–Trinajstić information content (AvgIpc) is 2.26. The van der Waals surface area contributed by atoms with Gasteiger partial charge in [-0.25, -0.2) is 0 Å². The number of nitrogens with two attached hydrogens (primary N) is 1. The van der Waals surface area contributed by atoms with E-state index in [0.717, 1.165) is 18.4 Å². The molecule has 0 aliphatic heterocycles. The van der Waals surface area contributed by atoms with E-state index in [-0.39, 0.29) is 11.8 Å². The van der Waals surface area contributed by atoms with Crippen molar-refractivity contribution in [3.05, 3.63) is 23.5 Å². The molecule has 0 saturated carbocycles. The van der Waals surface area contributed by atoms with E-state index in [0.29, 0.717) is 12.1 Å². The summed E-state index contributed by atoms with van der Waals surface area (Å²) in [6, 6.07) is 1.26. The van der Waals surface area contributed by atoms with Crippen LogP contribution in [-0.2, 0) is 6.42 Å². The average molecular weight is 246 g/mol. The Bertz CT molecular complexity index is 406. The first-order valence-electron chi connectivity index (χ1n) is 5.40. The number of ether oxygens (including phenoxy) is 1. The van der Waals surface area contributed by atoms with Gasteiger partial charge in [-0.2, -0.15) is 13.2 Å². The molecule has 17 heavy (non-hydrogen) atoms. The number of halogens is 3. The Hall–Kier alpha value is -1.30. The predicted octanol–water partition coefficient (Wildman–Crippen LogP) is 2.36. The molecule has 0 spiro atoms. The van der Waals surface area contributed by atoms with Crippen LogP contribution in [0, 0.1) is 0 Å². The largest absolute Gasteiger partial charge is 0.484 e. The van der Waals surface area contributed by atoms with Gasteiger partial charge in [0.25, 0.3) is 0 Å². The van der Waals surface area contributed by atoms with E-state index in [1.54, 1.807) is 0 Å². The van der Waals surface area contributed by atoms with Crippen LogP contribution in [-0.4, -0.2) is 17.8 Å². The zero-order chi connectivity index (χ0) is 12.5. The molecule has 0 radical (unpaired) electrons. The summed E-state index contributed by atoms with van der Waals surface area (Å²) in [6.07, 6.45) is -0.558. The standard InChI is InChI=1S/C11H13F3N2O/c12-11(13,14)6-17-9-4-5-16-10-7(9)2-1-3-8(10)15/h4-5,8H,1-3,6,15H2/t8-/m1/s1. The molecule has 1 aromatic rings. The van der Waals surface area contributed by atoms with Gasteiger partial charge in [-0.3, -0.25) is 4.98 Å². The molecule has 1 atom stereocenters. The number of alkyl halides is 3. The lowest BCUT2D eigenvalue weighted by atomic mass is 9.92. The summed E-state index contributed by atoms with van der Waals surface area (Å²) >= 11 is 0. The molecule has 1 aliphatic carbocycles. The number of pyridine rings is 1. The van der Waals surface area contributed by atoms with Crippen LogP contribution in [0.15, 0.2) is 12.3 Å². The first kappa shape index (κ1) is 12.2. The Morgan fingerprint density at radius 3 is 2.94 bits per heavy atom. The molecular weight excluding hydrogens is 233 g/mol. The molecule has 1 aromatic heterocycles. The molecule has 2 rings (SSSR count). The van der Waals surface area contributed by atoms with Crippen molar-refractivity contribution in [2.75, 3.05) is 6.61 Å². The fourth-order valence-electron chi connectivity index (χ4n) is 1.99. The second kappa shape index (κ2) is 4.52. The quantitative estimate of drug-likeness (QED) is 0.871. The summed E-state index contributed by atoms with van der Waals surface area (Å²) in [5, 5.41) is 0. The third-order valence-corrected chi connectivity index (χ3v) is 2.73. The van der Waals surface area contributed by atoms with E-state index in [1.165, 1.54) is 12.3 Å². The molecular formula is C11H13F3N2O. The third-order valence-electron chi connectivity index (χ3n) is 2.73. The Kier molecular flexibility index (Phi) is 3.24. The van der Waals surface area contributed by atoms with Gasteiger partial charge in [-0.05, 0) is 25.3 Å². The van der Waals surface area contributed by atoms with Gasteiger partial charge in [0.2, 0.25) is 0 Å². The second-order valence-corrected chi connectivity index (χ2v) is 4.08. The van der Waals surface area contributed by atoms with E-state index in [2.05, 4.69) is 4.98 Å². The van der Waals surface area contributed by atoms with Crippen LogP contribution in [0.1, 0.15) is 30.1 Å². The highest BCUT2D eigenvalue weighted by Gasteiger charge is 2.29. The lowest BCUT2D eigenvalue weighted by molar-refractivity contribution is -0.153. The van der Waals surface area contributed by atoms with Crippen LogP contribution in [0.25, 0.3) is 0 Å². The Morgan fingerprint density at radius 2 is 2.24 bits per heavy atom. The Morgan fingerprint density at radius 1 is 1.47 bits per heavy atom. The topological polar surface area (TPSA) is 48.1 Å². The molecule has 1 heterocycles. The second-order valence-electron chi connectivity index (χ2n) is 4.08. The summed E-state index contributed by atoms with van der Waals surface area (Å²) < 4.78 is 41.1. The van der Waals surface area contributed by atoms with Gasteiger partial charge >= 0.3 is 6.18 Å². The highest BCUT2D eigenvalue weighted by molar-refractivity contribution is 5.38. The summed E-state index contributed by atoms with van der Waals surface area (Å²) in [4.78, 5) is 4.12. The minimum Gasteiger partial charge on any atom is -0.484 e. The fraction of sp³-hybridized carbons (Fsp3) is 0.545. The maximum Gasteiger partial charge on any atom is 0.422 e. The predicted molar refractivity (Wildman–Crippen MR) is 55.7 cm³/mol. The van der Waals surface area contributed by atoms with E-state index in [1.807, 2.05) is 0 Å². The number of hydrogen-bond donors (Lipinski definition) is 1. The van der Waals surface area contributed by atoms with Crippen molar-refractivity contribution in [3.8, 4) is 5.75 Å². The van der Waals surface area contributed by atoms with E-state index < -0.39 is 12.8 Å². The molecule has 1 aliphatic rings. The van der Waals surface area contributed by atoms with Crippen molar-refractivity contribution in [1.29, 1.82) is 0 Å². The van der Waals surface area contributed by atoms with Crippen molar-refractivity contribution >= 4 is 0 Å². The number of hydrogen-bond acceptors (Lipinski definition) is 3. The third kappa shape index (κ3) is 2.88. The number of aromatic nitrogens is 1. The first-order chi connectivity index (χ1) is 7.97. The Labute approximate surface area is 96.8 Å². The summed E-state index contributed by atoms with van der Waals surface area (Å²) in [7, 11) is 0. The van der Waals surface area contributed by atoms with E-state index in [4.69, 9.17) is 10.5 Å². The zero-order valence-electron chi connectivity index (χ0n) is 9.13. The van der Waals surface area contributed by atoms with Gasteiger partial charge in [0.15, 0.2) is 6.61 Å². The molecule has 0 bridgehead atoms. The number of nitrogens with zero attached hydrogens (tertiary/aromatic N) is 1. The van der Waals surface area contributed by atoms with Gasteiger partial charge in [-0.15, -0.1) is 0 Å². The monoisotopic (exact) mass is 246 g/mol. The van der Waals surface area contributed by atoms with Crippen LogP contribution in [0.5, 0.6) is 5.75 Å². The highest BCUT2D eigenvalue weighted by atomic mass is 19.4. The van der Waals surface area contributed by atoms with E-state index in [9.17, 15) is 13.2 Å².